The lowest BCUT2D eigenvalue weighted by Gasteiger charge is -2.00. The Kier molecular flexibility index (Phi) is 4.45. The third-order valence-electron chi connectivity index (χ3n) is 1.23. The summed E-state index contributed by atoms with van der Waals surface area (Å²) in [5.41, 5.74) is 0. The molecule has 58 valence electrons. The van der Waals surface area contributed by atoms with Crippen LogP contribution in [-0.2, 0) is 14.5 Å². The van der Waals surface area contributed by atoms with Gasteiger partial charge in [0.25, 0.3) is 0 Å². The van der Waals surface area contributed by atoms with Crippen molar-refractivity contribution in [2.75, 3.05) is 0 Å². The number of halogens is 1. The van der Waals surface area contributed by atoms with Gasteiger partial charge in [0.15, 0.2) is 0 Å². The van der Waals surface area contributed by atoms with Gasteiger partial charge < -0.3 is 4.79 Å². The fourth-order valence-electron chi connectivity index (χ4n) is 0.534. The van der Waals surface area contributed by atoms with Crippen LogP contribution in [-0.4, -0.2) is 12.3 Å². The van der Waals surface area contributed by atoms with Crippen LogP contribution in [0.25, 0.3) is 0 Å². The van der Waals surface area contributed by atoms with Crippen LogP contribution in [0.4, 0.5) is 4.53 Å². The number of rotatable bonds is 4. The van der Waals surface area contributed by atoms with Crippen LogP contribution in [0.3, 0.4) is 0 Å². The summed E-state index contributed by atoms with van der Waals surface area (Å²) in [6.45, 7) is 1.74. The highest BCUT2D eigenvalue weighted by Gasteiger charge is 2.11. The lowest BCUT2D eigenvalue weighted by atomic mass is 10.1. The molecule has 1 atom stereocenters. The first kappa shape index (κ1) is 9.07. The highest BCUT2D eigenvalue weighted by molar-refractivity contribution is 5.73. The molecule has 0 radical (unpaired) electrons. The Morgan fingerprint density at radius 1 is 1.80 bits per heavy atom. The zero-order valence-electron chi connectivity index (χ0n) is 5.67. The van der Waals surface area contributed by atoms with E-state index in [0.29, 0.717) is 12.7 Å². The summed E-state index contributed by atoms with van der Waals surface area (Å²) >= 11 is 0. The number of carbonyl (C=O) groups excluding carboxylic acids is 2. The molecule has 0 aliphatic carbocycles. The van der Waals surface area contributed by atoms with Gasteiger partial charge >= 0.3 is 5.97 Å². The summed E-state index contributed by atoms with van der Waals surface area (Å²) < 4.78 is 11.1. The minimum absolute atomic E-state index is 0.170. The number of hydrogen-bond donors (Lipinski definition) is 0. The summed E-state index contributed by atoms with van der Waals surface area (Å²) in [5.74, 6) is -1.40. The summed E-state index contributed by atoms with van der Waals surface area (Å²) in [6, 6.07) is 0. The SMILES string of the molecule is CCC(C=O)CC(=O)OF. The molecule has 0 rings (SSSR count). The van der Waals surface area contributed by atoms with Crippen molar-refractivity contribution in [2.45, 2.75) is 19.8 Å². The second kappa shape index (κ2) is 4.90. The van der Waals surface area contributed by atoms with Crippen molar-refractivity contribution in [3.8, 4) is 0 Å². The van der Waals surface area contributed by atoms with Gasteiger partial charge in [0.2, 0.25) is 0 Å². The Labute approximate surface area is 58.1 Å². The molecule has 10 heavy (non-hydrogen) atoms. The predicted molar refractivity (Wildman–Crippen MR) is 31.7 cm³/mol. The highest BCUT2D eigenvalue weighted by Crippen LogP contribution is 2.05. The van der Waals surface area contributed by atoms with Crippen LogP contribution >= 0.6 is 0 Å². The fraction of sp³-hybridized carbons (Fsp3) is 0.667. The third kappa shape index (κ3) is 3.17. The maximum absolute atomic E-state index is 11.1. The molecule has 3 nitrogen and oxygen atoms in total. The molecule has 0 aromatic rings. The maximum Gasteiger partial charge on any atom is 0.349 e. The van der Waals surface area contributed by atoms with Crippen LogP contribution in [0.15, 0.2) is 0 Å². The van der Waals surface area contributed by atoms with E-state index in [2.05, 4.69) is 4.94 Å². The minimum Gasteiger partial charge on any atom is -0.303 e. The van der Waals surface area contributed by atoms with Crippen LogP contribution in [0, 0.1) is 5.92 Å². The zero-order valence-corrected chi connectivity index (χ0v) is 5.67. The monoisotopic (exact) mass is 148 g/mol. The summed E-state index contributed by atoms with van der Waals surface area (Å²) in [6.07, 6.45) is 0.978. The van der Waals surface area contributed by atoms with Gasteiger partial charge in [-0.2, -0.15) is 0 Å². The molecule has 0 N–H and O–H groups in total. The first-order chi connectivity index (χ1) is 4.74. The number of aldehydes is 1. The average Bonchev–Trinajstić information content (AvgIpc) is 1.99. The molecule has 0 aliphatic heterocycles. The van der Waals surface area contributed by atoms with E-state index in [-0.39, 0.29) is 6.42 Å². The van der Waals surface area contributed by atoms with Gasteiger partial charge in [-0.15, -0.1) is 0 Å². The van der Waals surface area contributed by atoms with E-state index >= 15 is 0 Å². The van der Waals surface area contributed by atoms with Crippen molar-refractivity contribution in [2.24, 2.45) is 5.92 Å². The fourth-order valence-corrected chi connectivity index (χ4v) is 0.534. The van der Waals surface area contributed by atoms with Crippen LogP contribution in [0.5, 0.6) is 0 Å². The van der Waals surface area contributed by atoms with Gasteiger partial charge in [0.1, 0.15) is 6.29 Å². The molecule has 0 heterocycles. The molecule has 1 unspecified atom stereocenters. The van der Waals surface area contributed by atoms with Crippen molar-refractivity contribution in [3.63, 3.8) is 0 Å². The lowest BCUT2D eigenvalue weighted by Crippen LogP contribution is -2.08. The Bertz CT molecular complexity index is 124. The van der Waals surface area contributed by atoms with Crippen LogP contribution in [0.1, 0.15) is 19.8 Å². The van der Waals surface area contributed by atoms with Crippen molar-refractivity contribution in [3.05, 3.63) is 0 Å². The van der Waals surface area contributed by atoms with E-state index < -0.39 is 11.9 Å². The largest absolute Gasteiger partial charge is 0.349 e. The molecule has 0 fully saturated rings. The molecule has 0 amide bonds. The van der Waals surface area contributed by atoms with Crippen molar-refractivity contribution >= 4 is 12.3 Å². The molecule has 0 bridgehead atoms. The molecular formula is C6H9FO3. The second-order valence-electron chi connectivity index (χ2n) is 1.96. The van der Waals surface area contributed by atoms with Crippen molar-refractivity contribution < 1.29 is 19.1 Å². The standard InChI is InChI=1S/C6H9FO3/c1-2-5(4-8)3-6(9)10-7/h4-5H,2-3H2,1H3. The van der Waals surface area contributed by atoms with Gasteiger partial charge in [-0.25, -0.2) is 4.79 Å². The zero-order chi connectivity index (χ0) is 7.98. The molecule has 0 aromatic carbocycles. The average molecular weight is 148 g/mol. The van der Waals surface area contributed by atoms with E-state index in [1.165, 1.54) is 0 Å². The summed E-state index contributed by atoms with van der Waals surface area (Å²) in [4.78, 5) is 23.1. The summed E-state index contributed by atoms with van der Waals surface area (Å²) in [5, 5.41) is 0. The molecule has 0 aromatic heterocycles. The van der Waals surface area contributed by atoms with Crippen LogP contribution < -0.4 is 0 Å². The van der Waals surface area contributed by atoms with E-state index in [1.807, 2.05) is 0 Å². The molecule has 0 saturated heterocycles. The van der Waals surface area contributed by atoms with E-state index in [9.17, 15) is 14.1 Å². The molecule has 0 spiro atoms. The van der Waals surface area contributed by atoms with E-state index in [4.69, 9.17) is 0 Å². The van der Waals surface area contributed by atoms with Crippen molar-refractivity contribution in [1.29, 1.82) is 0 Å². The van der Waals surface area contributed by atoms with Crippen LogP contribution in [0.2, 0.25) is 0 Å². The van der Waals surface area contributed by atoms with E-state index in [1.54, 1.807) is 6.92 Å². The summed E-state index contributed by atoms with van der Waals surface area (Å²) in [7, 11) is 0. The van der Waals surface area contributed by atoms with Gasteiger partial charge in [-0.3, -0.25) is 4.94 Å². The number of carbonyl (C=O) groups is 2. The topological polar surface area (TPSA) is 43.4 Å². The van der Waals surface area contributed by atoms with E-state index in [0.717, 1.165) is 0 Å². The smallest absolute Gasteiger partial charge is 0.303 e. The molecule has 0 aliphatic rings. The molecule has 4 heteroatoms. The lowest BCUT2D eigenvalue weighted by molar-refractivity contribution is -0.184. The second-order valence-corrected chi connectivity index (χ2v) is 1.96. The Hall–Kier alpha value is -0.930. The molecule has 0 saturated carbocycles. The highest BCUT2D eigenvalue weighted by atomic mass is 19.3. The first-order valence-electron chi connectivity index (χ1n) is 3.01. The normalized spacial score (nSPS) is 12.2. The Morgan fingerprint density at radius 3 is 2.70 bits per heavy atom. The van der Waals surface area contributed by atoms with Gasteiger partial charge in [0, 0.05) is 10.4 Å². The first-order valence-corrected chi connectivity index (χ1v) is 3.01. The Morgan fingerprint density at radius 2 is 2.40 bits per heavy atom. The number of hydrogen-bond acceptors (Lipinski definition) is 3. The van der Waals surface area contributed by atoms with Gasteiger partial charge in [0.05, 0.1) is 6.42 Å². The van der Waals surface area contributed by atoms with Gasteiger partial charge in [-0.1, -0.05) is 6.92 Å². The van der Waals surface area contributed by atoms with Gasteiger partial charge in [-0.05, 0) is 6.42 Å². The maximum atomic E-state index is 11.1. The molecular weight excluding hydrogens is 139 g/mol. The van der Waals surface area contributed by atoms with Crippen molar-refractivity contribution in [1.82, 2.24) is 0 Å². The predicted octanol–water partition coefficient (Wildman–Crippen LogP) is 1.03. The Balaban J connectivity index is 3.62. The quantitative estimate of drug-likeness (QED) is 0.559. The third-order valence-corrected chi connectivity index (χ3v) is 1.23. The minimum atomic E-state index is -0.987.